The first kappa shape index (κ1) is 42.6. The zero-order chi connectivity index (χ0) is 47.8. The second kappa shape index (κ2) is 18.5. The van der Waals surface area contributed by atoms with Crippen LogP contribution in [0.1, 0.15) is 45.7 Å². The Balaban J connectivity index is 0.768. The predicted molar refractivity (Wildman–Crippen MR) is 300 cm³/mol. The molecule has 340 valence electrons. The van der Waals surface area contributed by atoms with Gasteiger partial charge < -0.3 is 10.6 Å². The van der Waals surface area contributed by atoms with Crippen LogP contribution in [0.4, 0.5) is 0 Å². The van der Waals surface area contributed by atoms with Gasteiger partial charge in [0.2, 0.25) is 0 Å². The first-order valence-corrected chi connectivity index (χ1v) is 24.5. The minimum Gasteiger partial charge on any atom is -0.360 e. The molecule has 5 nitrogen and oxygen atoms in total. The number of hydrogen-bond acceptors (Lipinski definition) is 5. The number of nitrogens with zero attached hydrogens (tertiary/aromatic N) is 3. The SMILES string of the molecule is C1=C(c2ccc(-c3ccc4c(-c5cccc6cc(-c7ccc(C8=NC(c9ccccc9)NC(c9ccc%10ccccc%10c9)=N8)cc7)ccc56)cccc4c3)cc2)NC(c2ccccc2)N=C1c1ccccc1. The Bertz CT molecular complexity index is 3950. The van der Waals surface area contributed by atoms with Crippen molar-refractivity contribution in [3.63, 3.8) is 0 Å². The Kier molecular flexibility index (Phi) is 10.9. The molecule has 0 radical (unpaired) electrons. The van der Waals surface area contributed by atoms with Crippen LogP contribution in [0, 0.1) is 0 Å². The molecule has 11 aromatic carbocycles. The zero-order valence-electron chi connectivity index (χ0n) is 39.3. The summed E-state index contributed by atoms with van der Waals surface area (Å²) in [6.45, 7) is 0. The van der Waals surface area contributed by atoms with E-state index in [1.54, 1.807) is 0 Å². The number of nitrogens with one attached hydrogen (secondary N) is 2. The maximum atomic E-state index is 5.13. The Morgan fingerprint density at radius 1 is 0.306 bits per heavy atom. The van der Waals surface area contributed by atoms with Gasteiger partial charge in [-0.1, -0.05) is 237 Å². The molecule has 2 atom stereocenters. The Labute approximate surface area is 419 Å². The van der Waals surface area contributed by atoms with Gasteiger partial charge in [0.15, 0.2) is 5.84 Å². The van der Waals surface area contributed by atoms with E-state index in [-0.39, 0.29) is 12.3 Å². The van der Waals surface area contributed by atoms with E-state index in [0.29, 0.717) is 5.84 Å². The largest absolute Gasteiger partial charge is 0.360 e. The van der Waals surface area contributed by atoms with E-state index < -0.39 is 0 Å². The topological polar surface area (TPSA) is 61.1 Å². The van der Waals surface area contributed by atoms with Crippen molar-refractivity contribution in [3.05, 3.63) is 294 Å². The molecular formula is C67H47N5. The standard InChI is InChI=1S/C67H47N5/c1-4-15-47(16-5-1)62-43-63(69-64(68-62)49-17-6-2-7-18-49)48-31-26-45(27-32-48)53-36-38-58-55(40-53)22-12-24-60(58)61-25-13-23-56-41-54(37-39-59(56)61)46-28-33-51(34-29-46)66-70-65(50-19-8-3-9-20-50)71-67(72-66)57-35-30-44-14-10-11-21-52(44)42-57/h1-43,64-65,69H,(H,70,71,72). The number of rotatable bonds is 9. The number of hydrogen-bond donors (Lipinski definition) is 2. The van der Waals surface area contributed by atoms with Crippen LogP contribution in [-0.2, 0) is 0 Å². The highest BCUT2D eigenvalue weighted by atomic mass is 15.2. The van der Waals surface area contributed by atoms with Gasteiger partial charge in [0.05, 0.1) is 5.71 Å². The minimum atomic E-state index is -0.265. The van der Waals surface area contributed by atoms with E-state index >= 15 is 0 Å². The summed E-state index contributed by atoms with van der Waals surface area (Å²) >= 11 is 0. The van der Waals surface area contributed by atoms with Crippen LogP contribution < -0.4 is 10.6 Å². The molecule has 5 heteroatoms. The van der Waals surface area contributed by atoms with Crippen molar-refractivity contribution >= 4 is 55.4 Å². The van der Waals surface area contributed by atoms with E-state index in [2.05, 4.69) is 253 Å². The van der Waals surface area contributed by atoms with Crippen LogP contribution in [0.2, 0.25) is 0 Å². The fourth-order valence-electron chi connectivity index (χ4n) is 10.2. The van der Waals surface area contributed by atoms with Gasteiger partial charge in [-0.2, -0.15) is 0 Å². The van der Waals surface area contributed by atoms with E-state index in [0.717, 1.165) is 61.8 Å². The summed E-state index contributed by atoms with van der Waals surface area (Å²) in [4.78, 5) is 15.4. The van der Waals surface area contributed by atoms with Crippen LogP contribution in [0.3, 0.4) is 0 Å². The lowest BCUT2D eigenvalue weighted by molar-refractivity contribution is 0.664. The zero-order valence-corrected chi connectivity index (χ0v) is 39.3. The second-order valence-corrected chi connectivity index (χ2v) is 18.5. The monoisotopic (exact) mass is 921 g/mol. The molecule has 0 saturated heterocycles. The molecule has 2 aliphatic heterocycles. The summed E-state index contributed by atoms with van der Waals surface area (Å²) in [5.74, 6) is 1.51. The van der Waals surface area contributed by atoms with Crippen LogP contribution in [0.5, 0.6) is 0 Å². The Hall–Kier alpha value is -9.45. The fraction of sp³-hybridized carbons (Fsp3) is 0.0299. The van der Waals surface area contributed by atoms with Crippen molar-refractivity contribution in [1.82, 2.24) is 10.6 Å². The molecule has 2 heterocycles. The molecule has 0 saturated carbocycles. The van der Waals surface area contributed by atoms with Crippen molar-refractivity contribution in [2.45, 2.75) is 12.3 Å². The van der Waals surface area contributed by atoms with Gasteiger partial charge in [-0.05, 0) is 112 Å². The molecule has 0 bridgehead atoms. The lowest BCUT2D eigenvalue weighted by Crippen LogP contribution is -2.33. The van der Waals surface area contributed by atoms with Crippen molar-refractivity contribution in [3.8, 4) is 33.4 Å². The Morgan fingerprint density at radius 2 is 0.778 bits per heavy atom. The van der Waals surface area contributed by atoms with E-state index in [4.69, 9.17) is 15.0 Å². The summed E-state index contributed by atoms with van der Waals surface area (Å²) in [6, 6.07) is 90.7. The van der Waals surface area contributed by atoms with E-state index in [1.165, 1.54) is 54.6 Å². The quantitative estimate of drug-likeness (QED) is 0.152. The maximum Gasteiger partial charge on any atom is 0.159 e. The number of benzene rings is 11. The van der Waals surface area contributed by atoms with Gasteiger partial charge in [-0.15, -0.1) is 0 Å². The maximum absolute atomic E-state index is 5.13. The van der Waals surface area contributed by atoms with Crippen molar-refractivity contribution in [1.29, 1.82) is 0 Å². The molecule has 0 fully saturated rings. The molecule has 72 heavy (non-hydrogen) atoms. The molecule has 2 N–H and O–H groups in total. The summed E-state index contributed by atoms with van der Waals surface area (Å²) in [5.41, 5.74) is 15.5. The average Bonchev–Trinajstić information content (AvgIpc) is 3.47. The third-order valence-electron chi connectivity index (χ3n) is 14.0. The van der Waals surface area contributed by atoms with Gasteiger partial charge in [0.1, 0.15) is 18.2 Å². The molecule has 0 aliphatic carbocycles. The van der Waals surface area contributed by atoms with Crippen LogP contribution in [0.25, 0.3) is 71.4 Å². The summed E-state index contributed by atoms with van der Waals surface area (Å²) in [7, 11) is 0. The third kappa shape index (κ3) is 8.33. The summed E-state index contributed by atoms with van der Waals surface area (Å²) in [5, 5.41) is 14.5. The minimum absolute atomic E-state index is 0.180. The van der Waals surface area contributed by atoms with Crippen molar-refractivity contribution in [2.24, 2.45) is 15.0 Å². The Morgan fingerprint density at radius 3 is 1.39 bits per heavy atom. The molecule has 0 amide bonds. The molecular weight excluding hydrogens is 875 g/mol. The van der Waals surface area contributed by atoms with Gasteiger partial charge in [-0.25, -0.2) is 9.98 Å². The van der Waals surface area contributed by atoms with Gasteiger partial charge >= 0.3 is 0 Å². The van der Waals surface area contributed by atoms with Crippen LogP contribution >= 0.6 is 0 Å². The van der Waals surface area contributed by atoms with Crippen LogP contribution in [-0.4, -0.2) is 17.4 Å². The molecule has 2 unspecified atom stereocenters. The van der Waals surface area contributed by atoms with Gasteiger partial charge in [0.25, 0.3) is 0 Å². The van der Waals surface area contributed by atoms with Crippen LogP contribution in [0.15, 0.2) is 276 Å². The second-order valence-electron chi connectivity index (χ2n) is 18.5. The van der Waals surface area contributed by atoms with Gasteiger partial charge in [-0.3, -0.25) is 4.99 Å². The number of amidine groups is 2. The first-order chi connectivity index (χ1) is 35.6. The lowest BCUT2D eigenvalue weighted by Gasteiger charge is -2.25. The highest BCUT2D eigenvalue weighted by Gasteiger charge is 2.22. The van der Waals surface area contributed by atoms with Gasteiger partial charge in [0, 0.05) is 16.8 Å². The highest BCUT2D eigenvalue weighted by molar-refractivity contribution is 6.15. The van der Waals surface area contributed by atoms with E-state index in [9.17, 15) is 0 Å². The van der Waals surface area contributed by atoms with E-state index in [1.807, 2.05) is 18.2 Å². The molecule has 11 aromatic rings. The first-order valence-electron chi connectivity index (χ1n) is 24.5. The summed E-state index contributed by atoms with van der Waals surface area (Å²) < 4.78 is 0. The predicted octanol–water partition coefficient (Wildman–Crippen LogP) is 15.8. The average molecular weight is 922 g/mol. The highest BCUT2D eigenvalue weighted by Crippen LogP contribution is 2.38. The fourth-order valence-corrected chi connectivity index (χ4v) is 10.2. The molecule has 0 aromatic heterocycles. The molecule has 13 rings (SSSR count). The molecule has 0 spiro atoms. The van der Waals surface area contributed by atoms with Crippen molar-refractivity contribution < 1.29 is 0 Å². The molecule has 2 aliphatic rings. The lowest BCUT2D eigenvalue weighted by atomic mass is 9.91. The number of aliphatic imine (C=N–C) groups is 3. The smallest absolute Gasteiger partial charge is 0.159 e. The number of allylic oxidation sites excluding steroid dienone is 1. The third-order valence-corrected chi connectivity index (χ3v) is 14.0. The number of fused-ring (bicyclic) bond motifs is 3. The summed E-state index contributed by atoms with van der Waals surface area (Å²) in [6.07, 6.45) is 1.72. The normalized spacial score (nSPS) is 15.5. The van der Waals surface area contributed by atoms with Crippen molar-refractivity contribution in [2.75, 3.05) is 0 Å².